The highest BCUT2D eigenvalue weighted by molar-refractivity contribution is 5.76. The van der Waals surface area contributed by atoms with Crippen LogP contribution in [0.5, 0.6) is 0 Å². The van der Waals surface area contributed by atoms with Gasteiger partial charge in [-0.1, -0.05) is 134 Å². The molecule has 0 aliphatic carbocycles. The van der Waals surface area contributed by atoms with Crippen molar-refractivity contribution in [1.29, 1.82) is 0 Å². The van der Waals surface area contributed by atoms with Crippen molar-refractivity contribution in [2.75, 3.05) is 19.8 Å². The number of carbonyl (C=O) groups excluding carboxylic acids is 1. The molecule has 0 bridgehead atoms. The molecule has 0 aromatic heterocycles. The van der Waals surface area contributed by atoms with Crippen LogP contribution in [0, 0.1) is 0 Å². The third-order valence-electron chi connectivity index (χ3n) is 10.9. The summed E-state index contributed by atoms with van der Waals surface area (Å²) in [5, 5.41) is 86.2. The Morgan fingerprint density at radius 3 is 1.72 bits per heavy atom. The van der Waals surface area contributed by atoms with Crippen molar-refractivity contribution < 1.29 is 64.6 Å². The summed E-state index contributed by atoms with van der Waals surface area (Å²) in [6, 6.07) is -0.923. The smallest absolute Gasteiger partial charge is 0.220 e. The van der Waals surface area contributed by atoms with Gasteiger partial charge in [0.15, 0.2) is 12.6 Å². The third-order valence-corrected chi connectivity index (χ3v) is 10.9. The average Bonchev–Trinajstić information content (AvgIpc) is 3.21. The van der Waals surface area contributed by atoms with E-state index >= 15 is 0 Å². The number of hydrogen-bond acceptors (Lipinski definition) is 13. The number of unbranched alkanes of at least 4 members (excludes halogenated alkanes) is 17. The first-order valence-corrected chi connectivity index (χ1v) is 22.1. The minimum absolute atomic E-state index is 0.257. The second kappa shape index (κ2) is 31.4. The SMILES string of the molecule is CCCCCCCCCCC/C=C/CC/C=C/C(O)C(COC1OC(CO)C(OC2OC(CO)C(O)C(O)C2O)C(O)C1O)NC(=O)CCCCCCCCCC. The maximum absolute atomic E-state index is 13.0. The normalized spacial score (nSPS) is 29.3. The monoisotopic (exact) mass is 818 g/mol. The Morgan fingerprint density at radius 1 is 0.614 bits per heavy atom. The molecule has 12 unspecified atom stereocenters. The average molecular weight is 818 g/mol. The van der Waals surface area contributed by atoms with Gasteiger partial charge in [-0.3, -0.25) is 4.79 Å². The molecule has 0 spiro atoms. The molecule has 2 fully saturated rings. The Morgan fingerprint density at radius 2 is 1.12 bits per heavy atom. The first kappa shape index (κ1) is 51.6. The number of nitrogens with one attached hydrogen (secondary N) is 1. The van der Waals surface area contributed by atoms with E-state index in [0.717, 1.165) is 32.1 Å². The highest BCUT2D eigenvalue weighted by Gasteiger charge is 2.50. The van der Waals surface area contributed by atoms with Gasteiger partial charge < -0.3 is 65.1 Å². The van der Waals surface area contributed by atoms with Crippen LogP contribution < -0.4 is 5.32 Å². The molecule has 12 atom stereocenters. The molecule has 334 valence electrons. The van der Waals surface area contributed by atoms with Gasteiger partial charge in [0.1, 0.15) is 48.8 Å². The van der Waals surface area contributed by atoms with E-state index in [1.165, 1.54) is 83.5 Å². The van der Waals surface area contributed by atoms with Gasteiger partial charge in [0.25, 0.3) is 0 Å². The van der Waals surface area contributed by atoms with Crippen LogP contribution >= 0.6 is 0 Å². The maximum Gasteiger partial charge on any atom is 0.220 e. The molecule has 0 radical (unpaired) electrons. The molecule has 2 heterocycles. The predicted molar refractivity (Wildman–Crippen MR) is 217 cm³/mol. The van der Waals surface area contributed by atoms with E-state index < -0.39 is 86.8 Å². The highest BCUT2D eigenvalue weighted by atomic mass is 16.7. The fourth-order valence-electron chi connectivity index (χ4n) is 7.19. The summed E-state index contributed by atoms with van der Waals surface area (Å²) in [6.07, 6.45) is 13.9. The third kappa shape index (κ3) is 20.1. The van der Waals surface area contributed by atoms with E-state index in [1.807, 2.05) is 6.08 Å². The van der Waals surface area contributed by atoms with Crippen molar-refractivity contribution >= 4 is 5.91 Å². The maximum atomic E-state index is 13.0. The lowest BCUT2D eigenvalue weighted by Crippen LogP contribution is -2.65. The molecule has 9 N–H and O–H groups in total. The molecule has 0 saturated carbocycles. The molecular formula is C43H79NO13. The number of ether oxygens (including phenoxy) is 4. The van der Waals surface area contributed by atoms with E-state index in [1.54, 1.807) is 6.08 Å². The molecule has 1 amide bonds. The molecule has 0 aromatic carbocycles. The highest BCUT2D eigenvalue weighted by Crippen LogP contribution is 2.30. The number of amides is 1. The molecule has 2 saturated heterocycles. The zero-order chi connectivity index (χ0) is 41.8. The number of allylic oxidation sites excluding steroid dienone is 3. The second-order valence-electron chi connectivity index (χ2n) is 15.8. The first-order valence-electron chi connectivity index (χ1n) is 22.1. The molecule has 2 aliphatic rings. The van der Waals surface area contributed by atoms with Gasteiger partial charge in [0, 0.05) is 6.42 Å². The largest absolute Gasteiger partial charge is 0.394 e. The van der Waals surface area contributed by atoms with E-state index in [9.17, 15) is 45.6 Å². The molecule has 2 rings (SSSR count). The van der Waals surface area contributed by atoms with Crippen molar-refractivity contribution in [3.05, 3.63) is 24.3 Å². The summed E-state index contributed by atoms with van der Waals surface area (Å²) >= 11 is 0. The second-order valence-corrected chi connectivity index (χ2v) is 15.8. The lowest BCUT2D eigenvalue weighted by Gasteiger charge is -2.46. The number of carbonyl (C=O) groups is 1. The summed E-state index contributed by atoms with van der Waals surface area (Å²) in [5.74, 6) is -0.257. The first-order chi connectivity index (χ1) is 27.6. The van der Waals surface area contributed by atoms with Gasteiger partial charge in [-0.2, -0.15) is 0 Å². The lowest BCUT2D eigenvalue weighted by molar-refractivity contribution is -0.359. The van der Waals surface area contributed by atoms with Crippen LogP contribution in [-0.4, -0.2) is 140 Å². The number of aliphatic hydroxyl groups is 8. The van der Waals surface area contributed by atoms with Crippen LogP contribution in [0.25, 0.3) is 0 Å². The van der Waals surface area contributed by atoms with Crippen molar-refractivity contribution in [2.45, 2.75) is 222 Å². The van der Waals surface area contributed by atoms with E-state index in [-0.39, 0.29) is 18.9 Å². The molecule has 2 aliphatic heterocycles. The van der Waals surface area contributed by atoms with Crippen molar-refractivity contribution in [3.8, 4) is 0 Å². The van der Waals surface area contributed by atoms with E-state index in [4.69, 9.17) is 18.9 Å². The molecule has 57 heavy (non-hydrogen) atoms. The van der Waals surface area contributed by atoms with Crippen molar-refractivity contribution in [2.24, 2.45) is 0 Å². The van der Waals surface area contributed by atoms with Gasteiger partial charge in [-0.05, 0) is 32.1 Å². The summed E-state index contributed by atoms with van der Waals surface area (Å²) in [4.78, 5) is 13.0. The standard InChI is InChI=1S/C43H79NO13/c1-3-5-7-9-11-13-14-15-16-17-18-19-20-22-24-26-32(47)31(44-35(48)27-25-23-21-12-10-8-6-4-2)30-54-42-40(53)38(51)41(34(29-46)56-42)57-43-39(52)37(50)36(49)33(28-45)55-43/h18-19,24,26,31-34,36-43,45-47,49-53H,3-17,20-23,25,27-30H2,1-2H3,(H,44,48)/b19-18+,26-24+. The number of aliphatic hydroxyl groups excluding tert-OH is 8. The minimum Gasteiger partial charge on any atom is -0.394 e. The van der Waals surface area contributed by atoms with E-state index in [0.29, 0.717) is 12.8 Å². The lowest BCUT2D eigenvalue weighted by atomic mass is 9.97. The molecule has 14 nitrogen and oxygen atoms in total. The Balaban J connectivity index is 1.93. The van der Waals surface area contributed by atoms with Gasteiger partial charge >= 0.3 is 0 Å². The van der Waals surface area contributed by atoms with Crippen LogP contribution in [-0.2, 0) is 23.7 Å². The van der Waals surface area contributed by atoms with Crippen molar-refractivity contribution in [1.82, 2.24) is 5.32 Å². The van der Waals surface area contributed by atoms with Crippen LogP contribution in [0.4, 0.5) is 0 Å². The summed E-state index contributed by atoms with van der Waals surface area (Å²) in [7, 11) is 0. The van der Waals surface area contributed by atoms with Gasteiger partial charge in [-0.15, -0.1) is 0 Å². The quantitative estimate of drug-likeness (QED) is 0.0348. The van der Waals surface area contributed by atoms with Crippen LogP contribution in [0.1, 0.15) is 149 Å². The zero-order valence-corrected chi connectivity index (χ0v) is 34.8. The Bertz CT molecular complexity index is 1060. The minimum atomic E-state index is -1.79. The van der Waals surface area contributed by atoms with Gasteiger partial charge in [0.2, 0.25) is 5.91 Å². The Hall–Kier alpha value is -1.53. The Labute approximate surface area is 341 Å². The van der Waals surface area contributed by atoms with Gasteiger partial charge in [-0.25, -0.2) is 0 Å². The summed E-state index contributed by atoms with van der Waals surface area (Å²) in [5.41, 5.74) is 0. The Kier molecular flexibility index (Phi) is 28.4. The summed E-state index contributed by atoms with van der Waals surface area (Å²) in [6.45, 7) is 2.69. The fraction of sp³-hybridized carbons (Fsp3) is 0.884. The molecule has 0 aromatic rings. The van der Waals surface area contributed by atoms with Crippen LogP contribution in [0.3, 0.4) is 0 Å². The predicted octanol–water partition coefficient (Wildman–Crippen LogP) is 3.82. The van der Waals surface area contributed by atoms with Crippen LogP contribution in [0.2, 0.25) is 0 Å². The molecule has 14 heteroatoms. The number of rotatable bonds is 32. The molecular weight excluding hydrogens is 738 g/mol. The van der Waals surface area contributed by atoms with Gasteiger partial charge in [0.05, 0.1) is 32.0 Å². The van der Waals surface area contributed by atoms with Crippen molar-refractivity contribution in [3.63, 3.8) is 0 Å². The zero-order valence-electron chi connectivity index (χ0n) is 34.8. The topological polar surface area (TPSA) is 228 Å². The fourth-order valence-corrected chi connectivity index (χ4v) is 7.19. The van der Waals surface area contributed by atoms with E-state index in [2.05, 4.69) is 31.3 Å². The van der Waals surface area contributed by atoms with Crippen LogP contribution in [0.15, 0.2) is 24.3 Å². The summed E-state index contributed by atoms with van der Waals surface area (Å²) < 4.78 is 22.5. The number of hydrogen-bond donors (Lipinski definition) is 9.